The molecule has 2 heterocycles. The third-order valence-corrected chi connectivity index (χ3v) is 6.82. The average molecular weight is 371 g/mol. The van der Waals surface area contributed by atoms with Crippen LogP contribution < -0.4 is 0 Å². The van der Waals surface area contributed by atoms with E-state index in [9.17, 15) is 13.2 Å². The molecule has 25 heavy (non-hydrogen) atoms. The summed E-state index contributed by atoms with van der Waals surface area (Å²) in [6.45, 7) is 8.93. The second-order valence-electron chi connectivity index (χ2n) is 6.67. The molecule has 0 spiro atoms. The van der Waals surface area contributed by atoms with E-state index in [1.165, 1.54) is 0 Å². The third kappa shape index (κ3) is 4.85. The number of nitrogens with zero attached hydrogens (tertiary/aromatic N) is 2. The minimum atomic E-state index is -2.93. The van der Waals surface area contributed by atoms with Crippen molar-refractivity contribution in [1.29, 1.82) is 0 Å². The highest BCUT2D eigenvalue weighted by Gasteiger charge is 2.30. The first-order valence-electron chi connectivity index (χ1n) is 9.12. The number of carbonyl (C=O) groups is 1. The Morgan fingerprint density at radius 2 is 1.80 bits per heavy atom. The van der Waals surface area contributed by atoms with E-state index in [1.54, 1.807) is 11.9 Å². The molecule has 1 aliphatic rings. The van der Waals surface area contributed by atoms with E-state index < -0.39 is 9.84 Å². The standard InChI is InChI=1S/C18H30N2O4S/c1-5-16-14(13-20(6-2)7-3)12-17(24-16)18(21)19(4)15-8-10-25(22,23)11-9-15/h12,15H,5-11,13H2,1-4H3. The number of furan rings is 1. The van der Waals surface area contributed by atoms with Gasteiger partial charge in [-0.05, 0) is 32.0 Å². The van der Waals surface area contributed by atoms with Crippen LogP contribution in [-0.4, -0.2) is 61.8 Å². The molecule has 0 radical (unpaired) electrons. The Labute approximate surface area is 151 Å². The molecule has 0 unspecified atom stereocenters. The van der Waals surface area contributed by atoms with Crippen LogP contribution in [0.15, 0.2) is 10.5 Å². The Kier molecular flexibility index (Phi) is 6.68. The van der Waals surface area contributed by atoms with Crippen LogP contribution in [0.25, 0.3) is 0 Å². The highest BCUT2D eigenvalue weighted by molar-refractivity contribution is 7.91. The van der Waals surface area contributed by atoms with Crippen LogP contribution in [0.3, 0.4) is 0 Å². The zero-order valence-corrected chi connectivity index (χ0v) is 16.6. The van der Waals surface area contributed by atoms with E-state index in [-0.39, 0.29) is 23.5 Å². The van der Waals surface area contributed by atoms with Gasteiger partial charge in [-0.25, -0.2) is 8.42 Å². The quantitative estimate of drug-likeness (QED) is 0.737. The molecule has 7 heteroatoms. The molecule has 0 N–H and O–H groups in total. The number of aryl methyl sites for hydroxylation is 1. The molecule has 6 nitrogen and oxygen atoms in total. The number of hydrogen-bond acceptors (Lipinski definition) is 5. The van der Waals surface area contributed by atoms with E-state index in [2.05, 4.69) is 18.7 Å². The summed E-state index contributed by atoms with van der Waals surface area (Å²) < 4.78 is 29.0. The van der Waals surface area contributed by atoms with Gasteiger partial charge in [-0.3, -0.25) is 9.69 Å². The van der Waals surface area contributed by atoms with Gasteiger partial charge in [0.05, 0.1) is 11.5 Å². The van der Waals surface area contributed by atoms with Gasteiger partial charge in [0.2, 0.25) is 0 Å². The molecule has 1 fully saturated rings. The predicted molar refractivity (Wildman–Crippen MR) is 98.5 cm³/mol. The molecular formula is C18H30N2O4S. The van der Waals surface area contributed by atoms with E-state index in [0.29, 0.717) is 18.6 Å². The van der Waals surface area contributed by atoms with Crippen LogP contribution in [0, 0.1) is 0 Å². The van der Waals surface area contributed by atoms with Crippen LogP contribution in [-0.2, 0) is 22.8 Å². The van der Waals surface area contributed by atoms with Crippen LogP contribution in [0.4, 0.5) is 0 Å². The smallest absolute Gasteiger partial charge is 0.289 e. The molecule has 0 saturated carbocycles. The molecule has 1 amide bonds. The van der Waals surface area contributed by atoms with Crippen molar-refractivity contribution in [3.05, 3.63) is 23.2 Å². The lowest BCUT2D eigenvalue weighted by atomic mass is 10.1. The summed E-state index contributed by atoms with van der Waals surface area (Å²) in [7, 11) is -1.19. The van der Waals surface area contributed by atoms with E-state index >= 15 is 0 Å². The van der Waals surface area contributed by atoms with Crippen molar-refractivity contribution >= 4 is 15.7 Å². The normalized spacial score (nSPS) is 17.8. The number of hydrogen-bond donors (Lipinski definition) is 0. The van der Waals surface area contributed by atoms with E-state index in [0.717, 1.165) is 37.4 Å². The highest BCUT2D eigenvalue weighted by Crippen LogP contribution is 2.23. The van der Waals surface area contributed by atoms with Crippen molar-refractivity contribution in [2.24, 2.45) is 0 Å². The topological polar surface area (TPSA) is 70.8 Å². The van der Waals surface area contributed by atoms with Crippen LogP contribution in [0.1, 0.15) is 55.5 Å². The maximum atomic E-state index is 12.8. The zero-order valence-electron chi connectivity index (χ0n) is 15.7. The first-order chi connectivity index (χ1) is 11.8. The monoisotopic (exact) mass is 370 g/mol. The maximum Gasteiger partial charge on any atom is 0.289 e. The Hall–Kier alpha value is -1.34. The molecule has 1 aromatic rings. The van der Waals surface area contributed by atoms with Crippen molar-refractivity contribution < 1.29 is 17.6 Å². The number of carbonyl (C=O) groups excluding carboxylic acids is 1. The van der Waals surface area contributed by atoms with Gasteiger partial charge < -0.3 is 9.32 Å². The molecule has 0 bridgehead atoms. The summed E-state index contributed by atoms with van der Waals surface area (Å²) in [5.74, 6) is 1.36. The third-order valence-electron chi connectivity index (χ3n) is 5.11. The van der Waals surface area contributed by atoms with Crippen LogP contribution >= 0.6 is 0 Å². The van der Waals surface area contributed by atoms with Gasteiger partial charge in [0.15, 0.2) is 5.76 Å². The minimum absolute atomic E-state index is 0.0440. The van der Waals surface area contributed by atoms with Gasteiger partial charge in [0.1, 0.15) is 15.6 Å². The van der Waals surface area contributed by atoms with E-state index in [1.807, 2.05) is 13.0 Å². The van der Waals surface area contributed by atoms with Gasteiger partial charge in [-0.15, -0.1) is 0 Å². The van der Waals surface area contributed by atoms with Gasteiger partial charge in [0, 0.05) is 31.6 Å². The molecule has 1 aliphatic heterocycles. The predicted octanol–water partition coefficient (Wildman–Crippen LogP) is 2.33. The fourth-order valence-corrected chi connectivity index (χ4v) is 4.76. The molecule has 142 valence electrons. The highest BCUT2D eigenvalue weighted by atomic mass is 32.2. The molecule has 1 saturated heterocycles. The summed E-state index contributed by atoms with van der Waals surface area (Å²) in [5.41, 5.74) is 1.06. The summed E-state index contributed by atoms with van der Waals surface area (Å²) in [6.07, 6.45) is 1.74. The second kappa shape index (κ2) is 8.36. The maximum absolute atomic E-state index is 12.8. The first kappa shape index (κ1) is 20.0. The lowest BCUT2D eigenvalue weighted by Crippen LogP contribution is -2.42. The largest absolute Gasteiger partial charge is 0.456 e. The van der Waals surface area contributed by atoms with Gasteiger partial charge in [-0.2, -0.15) is 0 Å². The van der Waals surface area contributed by atoms with Crippen molar-refractivity contribution in [3.8, 4) is 0 Å². The van der Waals surface area contributed by atoms with Crippen LogP contribution in [0.2, 0.25) is 0 Å². The Morgan fingerprint density at radius 3 is 2.32 bits per heavy atom. The number of amides is 1. The molecular weight excluding hydrogens is 340 g/mol. The minimum Gasteiger partial charge on any atom is -0.456 e. The Balaban J connectivity index is 2.12. The lowest BCUT2D eigenvalue weighted by molar-refractivity contribution is 0.0688. The SMILES string of the molecule is CCc1oc(C(=O)N(C)C2CCS(=O)(=O)CC2)cc1CN(CC)CC. The van der Waals surface area contributed by atoms with Gasteiger partial charge in [-0.1, -0.05) is 20.8 Å². The number of rotatable bonds is 7. The van der Waals surface area contributed by atoms with Crippen LogP contribution in [0.5, 0.6) is 0 Å². The molecule has 0 atom stereocenters. The summed E-state index contributed by atoms with van der Waals surface area (Å²) in [4.78, 5) is 16.7. The second-order valence-corrected chi connectivity index (χ2v) is 8.98. The zero-order chi connectivity index (χ0) is 18.6. The average Bonchev–Trinajstić information content (AvgIpc) is 3.01. The molecule has 1 aromatic heterocycles. The first-order valence-corrected chi connectivity index (χ1v) is 10.9. The van der Waals surface area contributed by atoms with Gasteiger partial charge >= 0.3 is 0 Å². The molecule has 2 rings (SSSR count). The van der Waals surface area contributed by atoms with Crippen molar-refractivity contribution in [2.75, 3.05) is 31.6 Å². The fourth-order valence-electron chi connectivity index (χ4n) is 3.30. The summed E-state index contributed by atoms with van der Waals surface area (Å²) in [5, 5.41) is 0. The molecule has 0 aromatic carbocycles. The number of sulfone groups is 1. The molecule has 0 aliphatic carbocycles. The van der Waals surface area contributed by atoms with Crippen molar-refractivity contribution in [3.63, 3.8) is 0 Å². The summed E-state index contributed by atoms with van der Waals surface area (Å²) >= 11 is 0. The lowest BCUT2D eigenvalue weighted by Gasteiger charge is -2.30. The Morgan fingerprint density at radius 1 is 1.20 bits per heavy atom. The Bertz CT molecular complexity index is 678. The van der Waals surface area contributed by atoms with Gasteiger partial charge in [0.25, 0.3) is 5.91 Å². The fraction of sp³-hybridized carbons (Fsp3) is 0.722. The van der Waals surface area contributed by atoms with Crippen molar-refractivity contribution in [1.82, 2.24) is 9.80 Å². The van der Waals surface area contributed by atoms with Crippen molar-refractivity contribution in [2.45, 2.75) is 52.6 Å². The van der Waals surface area contributed by atoms with E-state index in [4.69, 9.17) is 4.42 Å². The summed E-state index contributed by atoms with van der Waals surface area (Å²) in [6, 6.07) is 1.81.